The van der Waals surface area contributed by atoms with Crippen molar-refractivity contribution in [2.45, 2.75) is 51.9 Å². The number of hydrogen-bond donors (Lipinski definition) is 0. The van der Waals surface area contributed by atoms with Crippen molar-refractivity contribution in [2.75, 3.05) is 6.61 Å². The van der Waals surface area contributed by atoms with Gasteiger partial charge in [-0.25, -0.2) is 0 Å². The van der Waals surface area contributed by atoms with Crippen LogP contribution < -0.4 is 0 Å². The fourth-order valence-corrected chi connectivity index (χ4v) is 2.71. The third kappa shape index (κ3) is 3.97. The van der Waals surface area contributed by atoms with E-state index in [9.17, 15) is 4.79 Å². The highest BCUT2D eigenvalue weighted by Crippen LogP contribution is 2.36. The van der Waals surface area contributed by atoms with E-state index in [0.717, 1.165) is 18.4 Å². The lowest BCUT2D eigenvalue weighted by Gasteiger charge is -2.39. The van der Waals surface area contributed by atoms with Crippen molar-refractivity contribution < 1.29 is 14.3 Å². The highest BCUT2D eigenvalue weighted by molar-refractivity contribution is 5.84. The third-order valence-electron chi connectivity index (χ3n) is 4.26. The first-order valence-electron chi connectivity index (χ1n) is 7.84. The summed E-state index contributed by atoms with van der Waals surface area (Å²) in [6.07, 6.45) is 7.34. The molecule has 1 aromatic rings. The Morgan fingerprint density at radius 2 is 2.09 bits per heavy atom. The van der Waals surface area contributed by atoms with Crippen molar-refractivity contribution in [3.63, 3.8) is 0 Å². The van der Waals surface area contributed by atoms with Crippen LogP contribution in [0.4, 0.5) is 0 Å². The number of carbonyl (C=O) groups is 1. The molecule has 22 heavy (non-hydrogen) atoms. The molecule has 1 aliphatic heterocycles. The van der Waals surface area contributed by atoms with Crippen LogP contribution in [-0.4, -0.2) is 18.5 Å². The van der Waals surface area contributed by atoms with E-state index in [-0.39, 0.29) is 11.9 Å². The Balaban J connectivity index is 2.01. The van der Waals surface area contributed by atoms with Crippen molar-refractivity contribution in [1.82, 2.24) is 0 Å². The van der Waals surface area contributed by atoms with Crippen LogP contribution >= 0.6 is 0 Å². The van der Waals surface area contributed by atoms with E-state index in [2.05, 4.69) is 5.92 Å². The standard InChI is InChI=1S/C19H24O3/c1-4-5-7-12-16(20)19(2,3)17-13-14-21-18(22-17)15-10-8-6-9-11-15/h1,6,8-11,17-18H,5,7,12-14H2,2-3H3/t17-,18-/m0/s1. The van der Waals surface area contributed by atoms with Gasteiger partial charge in [-0.15, -0.1) is 12.3 Å². The highest BCUT2D eigenvalue weighted by atomic mass is 16.7. The molecule has 0 bridgehead atoms. The quantitative estimate of drug-likeness (QED) is 0.590. The second-order valence-electron chi connectivity index (χ2n) is 6.23. The Kier molecular flexibility index (Phi) is 5.76. The number of rotatable bonds is 6. The Labute approximate surface area is 133 Å². The molecule has 118 valence electrons. The van der Waals surface area contributed by atoms with Crippen LogP contribution in [0.5, 0.6) is 0 Å². The fourth-order valence-electron chi connectivity index (χ4n) is 2.71. The van der Waals surface area contributed by atoms with Gasteiger partial charge < -0.3 is 9.47 Å². The van der Waals surface area contributed by atoms with Gasteiger partial charge in [0.1, 0.15) is 5.78 Å². The summed E-state index contributed by atoms with van der Waals surface area (Å²) in [5, 5.41) is 0. The first-order chi connectivity index (χ1) is 10.6. The van der Waals surface area contributed by atoms with Gasteiger partial charge in [0.05, 0.1) is 12.7 Å². The molecule has 2 rings (SSSR count). The number of Topliss-reactive ketones (excluding diaryl/α,β-unsaturated/α-hetero) is 1. The van der Waals surface area contributed by atoms with Crippen LogP contribution in [0.2, 0.25) is 0 Å². The number of unbranched alkanes of at least 4 members (excludes halogenated alkanes) is 1. The minimum atomic E-state index is -0.522. The van der Waals surface area contributed by atoms with E-state index in [1.165, 1.54) is 0 Å². The second-order valence-corrected chi connectivity index (χ2v) is 6.23. The Bertz CT molecular complexity index is 527. The van der Waals surface area contributed by atoms with Crippen LogP contribution in [0.3, 0.4) is 0 Å². The van der Waals surface area contributed by atoms with Gasteiger partial charge in [-0.05, 0) is 12.8 Å². The molecule has 1 aromatic carbocycles. The van der Waals surface area contributed by atoms with Gasteiger partial charge in [-0.3, -0.25) is 4.79 Å². The van der Waals surface area contributed by atoms with E-state index in [4.69, 9.17) is 15.9 Å². The smallest absolute Gasteiger partial charge is 0.184 e. The molecule has 3 heteroatoms. The van der Waals surface area contributed by atoms with Gasteiger partial charge in [-0.1, -0.05) is 44.2 Å². The van der Waals surface area contributed by atoms with Crippen molar-refractivity contribution in [2.24, 2.45) is 5.41 Å². The summed E-state index contributed by atoms with van der Waals surface area (Å²) in [5.74, 6) is 2.79. The summed E-state index contributed by atoms with van der Waals surface area (Å²) < 4.78 is 11.8. The van der Waals surface area contributed by atoms with E-state index >= 15 is 0 Å². The lowest BCUT2D eigenvalue weighted by atomic mass is 9.78. The van der Waals surface area contributed by atoms with Gasteiger partial charge in [0.15, 0.2) is 6.29 Å². The molecule has 1 heterocycles. The zero-order chi connectivity index (χ0) is 16.0. The number of terminal acetylenes is 1. The van der Waals surface area contributed by atoms with Crippen LogP contribution in [0.25, 0.3) is 0 Å². The minimum Gasteiger partial charge on any atom is -0.348 e. The van der Waals surface area contributed by atoms with Gasteiger partial charge in [0, 0.05) is 23.8 Å². The fraction of sp³-hybridized carbons (Fsp3) is 0.526. The SMILES string of the molecule is C#CCCCC(=O)C(C)(C)[C@@H]1CCO[C@H](c2ccccc2)O1. The summed E-state index contributed by atoms with van der Waals surface area (Å²) in [6.45, 7) is 4.53. The first-order valence-corrected chi connectivity index (χ1v) is 7.84. The number of ether oxygens (including phenoxy) is 2. The predicted molar refractivity (Wildman–Crippen MR) is 86.1 cm³/mol. The first kappa shape index (κ1) is 16.7. The molecular weight excluding hydrogens is 276 g/mol. The van der Waals surface area contributed by atoms with E-state index in [0.29, 0.717) is 19.4 Å². The second kappa shape index (κ2) is 7.58. The molecule has 1 saturated heterocycles. The predicted octanol–water partition coefficient (Wildman–Crippen LogP) is 3.89. The zero-order valence-electron chi connectivity index (χ0n) is 13.4. The number of ketones is 1. The monoisotopic (exact) mass is 300 g/mol. The van der Waals surface area contributed by atoms with Gasteiger partial charge in [-0.2, -0.15) is 0 Å². The summed E-state index contributed by atoms with van der Waals surface area (Å²) in [4.78, 5) is 12.5. The van der Waals surface area contributed by atoms with Crippen molar-refractivity contribution in [1.29, 1.82) is 0 Å². The average molecular weight is 300 g/mol. The van der Waals surface area contributed by atoms with Crippen LogP contribution in [0.1, 0.15) is 51.4 Å². The Hall–Kier alpha value is -1.63. The van der Waals surface area contributed by atoms with Gasteiger partial charge in [0.2, 0.25) is 0 Å². The Morgan fingerprint density at radius 1 is 1.36 bits per heavy atom. The molecule has 0 amide bonds. The molecule has 1 fully saturated rings. The largest absolute Gasteiger partial charge is 0.348 e. The Morgan fingerprint density at radius 3 is 2.77 bits per heavy atom. The van der Waals surface area contributed by atoms with E-state index in [1.54, 1.807) is 0 Å². The summed E-state index contributed by atoms with van der Waals surface area (Å²) in [7, 11) is 0. The summed E-state index contributed by atoms with van der Waals surface area (Å²) in [5.41, 5.74) is 0.466. The van der Waals surface area contributed by atoms with Crippen molar-refractivity contribution >= 4 is 5.78 Å². The third-order valence-corrected chi connectivity index (χ3v) is 4.26. The molecule has 2 atom stereocenters. The maximum atomic E-state index is 12.5. The number of benzene rings is 1. The van der Waals surface area contributed by atoms with Crippen LogP contribution in [0.15, 0.2) is 30.3 Å². The molecule has 0 N–H and O–H groups in total. The van der Waals surface area contributed by atoms with E-state index in [1.807, 2.05) is 44.2 Å². The molecule has 0 unspecified atom stereocenters. The number of hydrogen-bond acceptors (Lipinski definition) is 3. The van der Waals surface area contributed by atoms with Crippen LogP contribution in [-0.2, 0) is 14.3 Å². The molecule has 3 nitrogen and oxygen atoms in total. The van der Waals surface area contributed by atoms with Gasteiger partial charge in [0.25, 0.3) is 0 Å². The summed E-state index contributed by atoms with van der Waals surface area (Å²) in [6, 6.07) is 9.84. The average Bonchev–Trinajstić information content (AvgIpc) is 2.56. The molecule has 0 radical (unpaired) electrons. The van der Waals surface area contributed by atoms with Crippen LogP contribution in [0, 0.1) is 17.8 Å². The topological polar surface area (TPSA) is 35.5 Å². The maximum Gasteiger partial charge on any atom is 0.184 e. The molecule has 0 aromatic heterocycles. The van der Waals surface area contributed by atoms with Crippen molar-refractivity contribution in [3.05, 3.63) is 35.9 Å². The normalized spacial score (nSPS) is 22.0. The lowest BCUT2D eigenvalue weighted by Crippen LogP contribution is -2.43. The maximum absolute atomic E-state index is 12.5. The number of carbonyl (C=O) groups excluding carboxylic acids is 1. The van der Waals surface area contributed by atoms with Gasteiger partial charge >= 0.3 is 0 Å². The van der Waals surface area contributed by atoms with E-state index < -0.39 is 11.7 Å². The van der Waals surface area contributed by atoms with Crippen molar-refractivity contribution in [3.8, 4) is 12.3 Å². The minimum absolute atomic E-state index is 0.134. The highest BCUT2D eigenvalue weighted by Gasteiger charge is 2.40. The lowest BCUT2D eigenvalue weighted by molar-refractivity contribution is -0.238. The molecular formula is C19H24O3. The zero-order valence-corrected chi connectivity index (χ0v) is 13.4. The molecule has 0 aliphatic carbocycles. The molecule has 1 aliphatic rings. The molecule has 0 saturated carbocycles. The summed E-state index contributed by atoms with van der Waals surface area (Å²) >= 11 is 0. The molecule has 0 spiro atoms.